The minimum atomic E-state index is -0.850. The van der Waals surface area contributed by atoms with Crippen molar-refractivity contribution in [3.05, 3.63) is 90.7 Å². The smallest absolute Gasteiger partial charge is 0.338 e. The summed E-state index contributed by atoms with van der Waals surface area (Å²) < 4.78 is 20.5. The quantitative estimate of drug-likeness (QED) is 0.282. The molecule has 0 N–H and O–H groups in total. The van der Waals surface area contributed by atoms with Crippen LogP contribution in [-0.2, 0) is 20.9 Å². The molecule has 0 unspecified atom stereocenters. The number of ether oxygens (including phenoxy) is 3. The second kappa shape index (κ2) is 12.2. The summed E-state index contributed by atoms with van der Waals surface area (Å²) >= 11 is 1.25. The van der Waals surface area contributed by atoms with Crippen molar-refractivity contribution in [2.75, 3.05) is 33.9 Å². The lowest BCUT2D eigenvalue weighted by atomic mass is 9.94. The Labute approximate surface area is 258 Å². The highest BCUT2D eigenvalue weighted by molar-refractivity contribution is 7.07. The van der Waals surface area contributed by atoms with Crippen molar-refractivity contribution in [2.24, 2.45) is 4.99 Å². The van der Waals surface area contributed by atoms with Crippen molar-refractivity contribution in [2.45, 2.75) is 39.3 Å². The zero-order valence-corrected chi connectivity index (χ0v) is 26.0. The van der Waals surface area contributed by atoms with Crippen molar-refractivity contribution in [1.29, 1.82) is 0 Å². The number of fused-ring (bicyclic) bond motifs is 2. The van der Waals surface area contributed by atoms with Crippen LogP contribution < -0.4 is 24.4 Å². The number of amides is 1. The second-order valence-electron chi connectivity index (χ2n) is 10.7. The molecule has 0 radical (unpaired) electrons. The molecule has 1 amide bonds. The molecule has 228 valence electrons. The average molecular weight is 615 g/mol. The van der Waals surface area contributed by atoms with Gasteiger partial charge in [0.05, 0.1) is 36.6 Å². The predicted molar refractivity (Wildman–Crippen MR) is 168 cm³/mol. The van der Waals surface area contributed by atoms with Crippen LogP contribution in [-0.4, -0.2) is 59.8 Å². The highest BCUT2D eigenvalue weighted by Gasteiger charge is 2.35. The number of hydrogen-bond acceptors (Lipinski definition) is 8. The third-order valence-corrected chi connectivity index (χ3v) is 9.10. The van der Waals surface area contributed by atoms with Crippen LogP contribution in [0.5, 0.6) is 11.5 Å². The molecule has 2 aromatic carbocycles. The molecule has 0 bridgehead atoms. The lowest BCUT2D eigenvalue weighted by Gasteiger charge is -2.26. The lowest BCUT2D eigenvalue weighted by molar-refractivity contribution is -0.139. The summed E-state index contributed by atoms with van der Waals surface area (Å²) in [5.41, 5.74) is 2.73. The largest absolute Gasteiger partial charge is 0.497 e. The Morgan fingerprint density at radius 1 is 1.09 bits per heavy atom. The molecule has 4 aromatic rings. The number of benzene rings is 2. The Hall–Kier alpha value is -4.64. The van der Waals surface area contributed by atoms with Crippen molar-refractivity contribution < 1.29 is 23.8 Å². The number of para-hydroxylation sites is 1. The van der Waals surface area contributed by atoms with Crippen LogP contribution in [0.2, 0.25) is 0 Å². The number of esters is 1. The van der Waals surface area contributed by atoms with Gasteiger partial charge in [-0.15, -0.1) is 0 Å². The van der Waals surface area contributed by atoms with E-state index in [9.17, 15) is 14.4 Å². The van der Waals surface area contributed by atoms with Crippen LogP contribution in [0.3, 0.4) is 0 Å². The highest BCUT2D eigenvalue weighted by Crippen LogP contribution is 2.38. The molecule has 6 rings (SSSR count). The second-order valence-corrected chi connectivity index (χ2v) is 11.7. The SMILES string of the molecule is CCOC(=O)C1=C(C)N=c2s/c(=C/c3cn(CC(=O)N4CCCC4)c4ccccc34)c(=O)n2[C@@H]1c1cc(OC)ccc1OC. The molecule has 44 heavy (non-hydrogen) atoms. The fourth-order valence-corrected chi connectivity index (χ4v) is 7.05. The van der Waals surface area contributed by atoms with Crippen LogP contribution >= 0.6 is 11.3 Å². The number of allylic oxidation sites excluding steroid dienone is 1. The molecule has 11 heteroatoms. The van der Waals surface area contributed by atoms with E-state index in [0.29, 0.717) is 32.1 Å². The van der Waals surface area contributed by atoms with Crippen molar-refractivity contribution in [3.8, 4) is 11.5 Å². The first kappa shape index (κ1) is 29.4. The molecule has 2 aliphatic heterocycles. The molecule has 1 fully saturated rings. The summed E-state index contributed by atoms with van der Waals surface area (Å²) in [6.45, 7) is 5.46. The Bertz CT molecular complexity index is 1980. The van der Waals surface area contributed by atoms with Gasteiger partial charge in [-0.2, -0.15) is 0 Å². The summed E-state index contributed by atoms with van der Waals surface area (Å²) in [5.74, 6) is 0.580. The summed E-state index contributed by atoms with van der Waals surface area (Å²) in [4.78, 5) is 47.6. The molecule has 0 spiro atoms. The van der Waals surface area contributed by atoms with Crippen molar-refractivity contribution in [3.63, 3.8) is 0 Å². The van der Waals surface area contributed by atoms with Gasteiger partial charge in [0.1, 0.15) is 24.1 Å². The van der Waals surface area contributed by atoms with Crippen molar-refractivity contribution >= 4 is 40.2 Å². The van der Waals surface area contributed by atoms with Gasteiger partial charge >= 0.3 is 5.97 Å². The van der Waals surface area contributed by atoms with Gasteiger partial charge in [0.25, 0.3) is 5.56 Å². The third-order valence-electron chi connectivity index (χ3n) is 8.12. The summed E-state index contributed by atoms with van der Waals surface area (Å²) in [5, 5.41) is 0.932. The third kappa shape index (κ3) is 5.21. The molecule has 1 saturated heterocycles. The molecule has 10 nitrogen and oxygen atoms in total. The van der Waals surface area contributed by atoms with Gasteiger partial charge in [0.2, 0.25) is 5.91 Å². The van der Waals surface area contributed by atoms with Crippen molar-refractivity contribution in [1.82, 2.24) is 14.0 Å². The molecule has 1 atom stereocenters. The number of nitrogens with zero attached hydrogens (tertiary/aromatic N) is 4. The zero-order chi connectivity index (χ0) is 31.0. The van der Waals surface area contributed by atoms with E-state index in [1.165, 1.54) is 15.9 Å². The van der Waals surface area contributed by atoms with E-state index >= 15 is 0 Å². The molecule has 0 aliphatic carbocycles. The van der Waals surface area contributed by atoms with Gasteiger partial charge in [-0.05, 0) is 57.0 Å². The van der Waals surface area contributed by atoms with Gasteiger partial charge in [-0.1, -0.05) is 29.5 Å². The molecule has 4 heterocycles. The number of thiazole rings is 1. The Balaban J connectivity index is 1.52. The van der Waals surface area contributed by atoms with E-state index in [-0.39, 0.29) is 30.2 Å². The maximum Gasteiger partial charge on any atom is 0.338 e. The van der Waals surface area contributed by atoms with Crippen LogP contribution in [0.15, 0.2) is 69.7 Å². The van der Waals surface area contributed by atoms with Gasteiger partial charge in [-0.25, -0.2) is 9.79 Å². The summed E-state index contributed by atoms with van der Waals surface area (Å²) in [7, 11) is 3.10. The Morgan fingerprint density at radius 3 is 2.59 bits per heavy atom. The predicted octanol–water partition coefficient (Wildman–Crippen LogP) is 3.39. The van der Waals surface area contributed by atoms with Gasteiger partial charge in [0.15, 0.2) is 4.80 Å². The fourth-order valence-electron chi connectivity index (χ4n) is 6.01. The fraction of sp³-hybridized carbons (Fsp3) is 0.333. The van der Waals surface area contributed by atoms with E-state index in [0.717, 1.165) is 42.4 Å². The van der Waals surface area contributed by atoms with Crippen LogP contribution in [0.4, 0.5) is 0 Å². The monoisotopic (exact) mass is 614 g/mol. The van der Waals surface area contributed by atoms with Gasteiger partial charge in [-0.3, -0.25) is 14.2 Å². The van der Waals surface area contributed by atoms with E-state index in [4.69, 9.17) is 19.2 Å². The number of carbonyl (C=O) groups is 2. The number of likely N-dealkylation sites (tertiary alicyclic amines) is 1. The van der Waals surface area contributed by atoms with Crippen LogP contribution in [0.25, 0.3) is 17.0 Å². The summed E-state index contributed by atoms with van der Waals surface area (Å²) in [6, 6.07) is 12.3. The Morgan fingerprint density at radius 2 is 1.86 bits per heavy atom. The number of hydrogen-bond donors (Lipinski definition) is 0. The molecule has 0 saturated carbocycles. The van der Waals surface area contributed by atoms with Crippen LogP contribution in [0, 0.1) is 0 Å². The molecule has 2 aromatic heterocycles. The van der Waals surface area contributed by atoms with E-state index in [2.05, 4.69) is 0 Å². The lowest BCUT2D eigenvalue weighted by Crippen LogP contribution is -2.40. The molecular weight excluding hydrogens is 580 g/mol. The minimum absolute atomic E-state index is 0.0865. The maximum atomic E-state index is 14.3. The standard InChI is InChI=1S/C33H34N4O6S/c1-5-43-32(40)29-20(2)34-33-37(30(29)24-17-22(41-3)12-13-26(24)42-4)31(39)27(44-33)16-21-18-36(25-11-7-6-10-23(21)25)19-28(38)35-14-8-9-15-35/h6-7,10-13,16-18,30H,5,8-9,14-15,19H2,1-4H3/b27-16+/t30-/m1/s1. The van der Waals surface area contributed by atoms with E-state index < -0.39 is 12.0 Å². The summed E-state index contributed by atoms with van der Waals surface area (Å²) in [6.07, 6.45) is 5.83. The average Bonchev–Trinajstić information content (AvgIpc) is 3.76. The molecule has 2 aliphatic rings. The number of aromatic nitrogens is 2. The first-order valence-corrected chi connectivity index (χ1v) is 15.4. The minimum Gasteiger partial charge on any atom is -0.497 e. The number of methoxy groups -OCH3 is 2. The number of rotatable bonds is 8. The van der Waals surface area contributed by atoms with E-state index in [1.807, 2.05) is 46.0 Å². The van der Waals surface area contributed by atoms with Crippen LogP contribution in [0.1, 0.15) is 43.9 Å². The number of carbonyl (C=O) groups excluding carboxylic acids is 2. The molecular formula is C33H34N4O6S. The maximum absolute atomic E-state index is 14.3. The highest BCUT2D eigenvalue weighted by atomic mass is 32.1. The van der Waals surface area contributed by atoms with E-state index in [1.54, 1.807) is 46.3 Å². The zero-order valence-electron chi connectivity index (χ0n) is 25.2. The normalized spacial score (nSPS) is 16.7. The Kier molecular flexibility index (Phi) is 8.13. The first-order chi connectivity index (χ1) is 21.3. The topological polar surface area (TPSA) is 104 Å². The first-order valence-electron chi connectivity index (χ1n) is 14.6. The van der Waals surface area contributed by atoms with Gasteiger partial charge in [0, 0.05) is 41.3 Å². The van der Waals surface area contributed by atoms with Gasteiger partial charge < -0.3 is 23.7 Å².